The summed E-state index contributed by atoms with van der Waals surface area (Å²) in [6.07, 6.45) is 1.75. The number of carbonyl (C=O) groups is 1. The van der Waals surface area contributed by atoms with Crippen molar-refractivity contribution >= 4 is 75.2 Å². The van der Waals surface area contributed by atoms with E-state index in [1.165, 1.54) is 23.1 Å². The monoisotopic (exact) mass is 451 g/mol. The Hall–Kier alpha value is -1.64. The number of hydrogen-bond acceptors (Lipinski definition) is 5. The van der Waals surface area contributed by atoms with Crippen molar-refractivity contribution in [3.05, 3.63) is 68.2 Å². The number of rotatable bonds is 5. The number of hydrogen-bond donors (Lipinski definition) is 1. The first-order valence-electron chi connectivity index (χ1n) is 7.80. The first-order valence-corrected chi connectivity index (χ1v) is 10.8. The van der Waals surface area contributed by atoms with E-state index in [4.69, 9.17) is 35.4 Å². The molecule has 0 aliphatic carbocycles. The molecule has 0 unspecified atom stereocenters. The molecular weight excluding hydrogens is 441 g/mol. The predicted molar refractivity (Wildman–Crippen MR) is 116 cm³/mol. The highest BCUT2D eigenvalue weighted by Crippen LogP contribution is 2.29. The Balaban J connectivity index is 1.53. The average Bonchev–Trinajstić information content (AvgIpc) is 3.25. The zero-order valence-electron chi connectivity index (χ0n) is 13.6. The van der Waals surface area contributed by atoms with Gasteiger partial charge >= 0.3 is 0 Å². The molecule has 1 N–H and O–H groups in total. The average molecular weight is 452 g/mol. The minimum atomic E-state index is 0.0413. The molecule has 2 aromatic carbocycles. The smallest absolute Gasteiger partial charge is 0.184 e. The third kappa shape index (κ3) is 3.83. The number of aromatic amines is 1. The van der Waals surface area contributed by atoms with Gasteiger partial charge < -0.3 is 4.98 Å². The van der Waals surface area contributed by atoms with Crippen molar-refractivity contribution < 1.29 is 4.79 Å². The highest BCUT2D eigenvalue weighted by molar-refractivity contribution is 8.01. The first-order chi connectivity index (χ1) is 13.0. The van der Waals surface area contributed by atoms with Gasteiger partial charge in [-0.15, -0.1) is 5.10 Å². The van der Waals surface area contributed by atoms with Gasteiger partial charge in [-0.25, -0.2) is 4.68 Å². The van der Waals surface area contributed by atoms with Crippen molar-refractivity contribution in [2.45, 2.75) is 4.34 Å². The fraction of sp³-hybridized carbons (Fsp3) is 0.0556. The molecule has 4 aromatic rings. The summed E-state index contributed by atoms with van der Waals surface area (Å²) in [7, 11) is 0. The van der Waals surface area contributed by atoms with Gasteiger partial charge in [0.05, 0.1) is 21.5 Å². The van der Waals surface area contributed by atoms with Crippen LogP contribution in [-0.2, 0) is 0 Å². The molecule has 0 aliphatic heterocycles. The number of carbonyl (C=O) groups excluding carboxylic acids is 1. The molecule has 0 radical (unpaired) electrons. The molecule has 2 heterocycles. The maximum absolute atomic E-state index is 12.6. The lowest BCUT2D eigenvalue weighted by Gasteiger charge is -2.02. The molecule has 0 bridgehead atoms. The van der Waals surface area contributed by atoms with Crippen LogP contribution in [-0.4, -0.2) is 26.3 Å². The van der Waals surface area contributed by atoms with Crippen molar-refractivity contribution in [1.82, 2.24) is 14.8 Å². The number of ketones is 1. The highest BCUT2D eigenvalue weighted by Gasteiger charge is 2.14. The summed E-state index contributed by atoms with van der Waals surface area (Å²) in [6, 6.07) is 13.0. The van der Waals surface area contributed by atoms with Crippen LogP contribution in [0.15, 0.2) is 53.0 Å². The fourth-order valence-corrected chi connectivity index (χ4v) is 5.14. The van der Waals surface area contributed by atoms with E-state index in [-0.39, 0.29) is 11.5 Å². The van der Waals surface area contributed by atoms with E-state index in [1.807, 2.05) is 24.3 Å². The van der Waals surface area contributed by atoms with Crippen molar-refractivity contribution in [1.29, 1.82) is 0 Å². The Bertz CT molecular complexity index is 1210. The minimum Gasteiger partial charge on any atom is -0.360 e. The summed E-state index contributed by atoms with van der Waals surface area (Å²) in [5, 5.41) is 6.34. The van der Waals surface area contributed by atoms with Crippen LogP contribution in [0.2, 0.25) is 10.0 Å². The second kappa shape index (κ2) is 7.77. The molecule has 2 aromatic heterocycles. The molecule has 0 fully saturated rings. The summed E-state index contributed by atoms with van der Waals surface area (Å²) in [6.45, 7) is 0. The summed E-state index contributed by atoms with van der Waals surface area (Å²) >= 11 is 20.2. The second-order valence-corrected chi connectivity index (χ2v) is 9.26. The zero-order valence-corrected chi connectivity index (χ0v) is 17.6. The molecular formula is C18H11Cl2N3OS3. The number of aromatic nitrogens is 3. The van der Waals surface area contributed by atoms with Crippen LogP contribution in [0.5, 0.6) is 0 Å². The lowest BCUT2D eigenvalue weighted by Crippen LogP contribution is -2.01. The number of nitrogens with zero attached hydrogens (tertiary/aromatic N) is 2. The van der Waals surface area contributed by atoms with E-state index >= 15 is 0 Å². The van der Waals surface area contributed by atoms with Crippen LogP contribution < -0.4 is 0 Å². The van der Waals surface area contributed by atoms with E-state index in [0.717, 1.165) is 20.9 Å². The Morgan fingerprint density at radius 2 is 2.04 bits per heavy atom. The number of Topliss-reactive ketones (excluding diaryl/α,β-unsaturated/α-hetero) is 1. The summed E-state index contributed by atoms with van der Waals surface area (Å²) in [5.41, 5.74) is 2.37. The molecule has 0 spiro atoms. The SMILES string of the molecule is O=C(CSc1nn(-c2ccc(Cl)c(Cl)c2)c(=S)s1)c1c[nH]c2ccccc12. The van der Waals surface area contributed by atoms with Gasteiger partial charge in [0.25, 0.3) is 0 Å². The Labute approximate surface area is 178 Å². The first kappa shape index (κ1) is 18.7. The quantitative estimate of drug-likeness (QED) is 0.216. The Kier molecular flexibility index (Phi) is 5.39. The van der Waals surface area contributed by atoms with Crippen LogP contribution in [0, 0.1) is 3.95 Å². The maximum atomic E-state index is 12.6. The van der Waals surface area contributed by atoms with E-state index in [2.05, 4.69) is 10.1 Å². The standard InChI is InChI=1S/C18H11Cl2N3OS3/c19-13-6-5-10(7-14(13)20)23-18(25)27-17(22-23)26-9-16(24)12-8-21-15-4-2-1-3-11(12)15/h1-8,21H,9H2. The molecule has 27 heavy (non-hydrogen) atoms. The predicted octanol–water partition coefficient (Wildman–Crippen LogP) is 6.43. The van der Waals surface area contributed by atoms with Gasteiger partial charge in [0, 0.05) is 22.7 Å². The molecule has 0 amide bonds. The molecule has 0 saturated heterocycles. The molecule has 0 saturated carbocycles. The number of halogens is 2. The van der Waals surface area contributed by atoms with E-state index in [1.54, 1.807) is 29.1 Å². The Morgan fingerprint density at radius 3 is 2.85 bits per heavy atom. The number of H-pyrrole nitrogens is 1. The topological polar surface area (TPSA) is 50.7 Å². The Morgan fingerprint density at radius 1 is 1.22 bits per heavy atom. The number of fused-ring (bicyclic) bond motifs is 1. The molecule has 0 aliphatic rings. The number of thioether (sulfide) groups is 1. The largest absolute Gasteiger partial charge is 0.360 e. The van der Waals surface area contributed by atoms with Gasteiger partial charge in [0.15, 0.2) is 14.1 Å². The van der Waals surface area contributed by atoms with Gasteiger partial charge in [-0.1, -0.05) is 64.5 Å². The lowest BCUT2D eigenvalue weighted by molar-refractivity contribution is 0.102. The number of nitrogens with one attached hydrogen (secondary N) is 1. The number of benzene rings is 2. The molecule has 9 heteroatoms. The van der Waals surface area contributed by atoms with Gasteiger partial charge in [0.2, 0.25) is 0 Å². The van der Waals surface area contributed by atoms with Crippen molar-refractivity contribution in [2.24, 2.45) is 0 Å². The van der Waals surface area contributed by atoms with Crippen LogP contribution in [0.4, 0.5) is 0 Å². The van der Waals surface area contributed by atoms with Crippen LogP contribution in [0.1, 0.15) is 10.4 Å². The summed E-state index contributed by atoms with van der Waals surface area (Å²) < 4.78 is 2.93. The van der Waals surface area contributed by atoms with E-state index in [9.17, 15) is 4.79 Å². The fourth-order valence-electron chi connectivity index (χ4n) is 2.61. The van der Waals surface area contributed by atoms with Crippen molar-refractivity contribution in [2.75, 3.05) is 5.75 Å². The van der Waals surface area contributed by atoms with Gasteiger partial charge in [0.1, 0.15) is 0 Å². The van der Waals surface area contributed by atoms with Gasteiger partial charge in [-0.05, 0) is 36.5 Å². The second-order valence-electron chi connectivity index (χ2n) is 5.60. The lowest BCUT2D eigenvalue weighted by atomic mass is 10.1. The molecule has 0 atom stereocenters. The van der Waals surface area contributed by atoms with Crippen LogP contribution >= 0.6 is 58.5 Å². The summed E-state index contributed by atoms with van der Waals surface area (Å²) in [5.74, 6) is 0.325. The normalized spacial score (nSPS) is 11.2. The van der Waals surface area contributed by atoms with Crippen LogP contribution in [0.3, 0.4) is 0 Å². The third-order valence-corrected chi connectivity index (χ3v) is 7.00. The molecule has 4 nitrogen and oxygen atoms in total. The van der Waals surface area contributed by atoms with E-state index < -0.39 is 0 Å². The van der Waals surface area contributed by atoms with Gasteiger partial charge in [-0.3, -0.25) is 4.79 Å². The molecule has 136 valence electrons. The molecule has 4 rings (SSSR count). The van der Waals surface area contributed by atoms with E-state index in [0.29, 0.717) is 19.6 Å². The highest BCUT2D eigenvalue weighted by atomic mass is 35.5. The minimum absolute atomic E-state index is 0.0413. The van der Waals surface area contributed by atoms with Crippen molar-refractivity contribution in [3.63, 3.8) is 0 Å². The maximum Gasteiger partial charge on any atom is 0.184 e. The summed E-state index contributed by atoms with van der Waals surface area (Å²) in [4.78, 5) is 15.7. The third-order valence-electron chi connectivity index (χ3n) is 3.89. The van der Waals surface area contributed by atoms with Crippen LogP contribution in [0.25, 0.3) is 16.6 Å². The zero-order chi connectivity index (χ0) is 19.0. The van der Waals surface area contributed by atoms with Gasteiger partial charge in [-0.2, -0.15) is 0 Å². The van der Waals surface area contributed by atoms with Crippen molar-refractivity contribution in [3.8, 4) is 5.69 Å². The number of para-hydroxylation sites is 1.